The van der Waals surface area contributed by atoms with Crippen LogP contribution in [0.4, 0.5) is 0 Å². The SMILES string of the molecule is CC(C)(C)NNC(=O)c1c(Cl)cccc1Cl. The minimum Gasteiger partial charge on any atom is -0.287 e. The molecule has 0 bridgehead atoms. The highest BCUT2D eigenvalue weighted by atomic mass is 35.5. The number of halogens is 2. The second-order valence-corrected chi connectivity index (χ2v) is 5.24. The Morgan fingerprint density at radius 2 is 1.69 bits per heavy atom. The quantitative estimate of drug-likeness (QED) is 0.803. The number of nitrogens with one attached hydrogen (secondary N) is 2. The Labute approximate surface area is 105 Å². The average molecular weight is 261 g/mol. The van der Waals surface area contributed by atoms with Gasteiger partial charge in [0.1, 0.15) is 0 Å². The second-order valence-electron chi connectivity index (χ2n) is 4.43. The van der Waals surface area contributed by atoms with Crippen molar-refractivity contribution in [3.63, 3.8) is 0 Å². The summed E-state index contributed by atoms with van der Waals surface area (Å²) in [6, 6.07) is 4.94. The maximum atomic E-state index is 11.8. The van der Waals surface area contributed by atoms with E-state index in [4.69, 9.17) is 23.2 Å². The lowest BCUT2D eigenvalue weighted by atomic mass is 10.1. The summed E-state index contributed by atoms with van der Waals surface area (Å²) in [6.45, 7) is 5.80. The number of carbonyl (C=O) groups excluding carboxylic acids is 1. The van der Waals surface area contributed by atoms with Gasteiger partial charge in [-0.05, 0) is 32.9 Å². The molecule has 1 aromatic carbocycles. The molecule has 0 saturated carbocycles. The van der Waals surface area contributed by atoms with Gasteiger partial charge in [-0.3, -0.25) is 10.2 Å². The minimum atomic E-state index is -0.342. The first-order valence-corrected chi connectivity index (χ1v) is 5.58. The van der Waals surface area contributed by atoms with Crippen LogP contribution in [0.2, 0.25) is 10.0 Å². The first-order valence-electron chi connectivity index (χ1n) is 4.83. The van der Waals surface area contributed by atoms with Gasteiger partial charge in [0.2, 0.25) is 0 Å². The molecule has 1 amide bonds. The van der Waals surface area contributed by atoms with Gasteiger partial charge < -0.3 is 0 Å². The van der Waals surface area contributed by atoms with Crippen molar-refractivity contribution < 1.29 is 4.79 Å². The normalized spacial score (nSPS) is 11.3. The third-order valence-electron chi connectivity index (χ3n) is 1.74. The van der Waals surface area contributed by atoms with Crippen molar-refractivity contribution in [3.05, 3.63) is 33.8 Å². The van der Waals surface area contributed by atoms with Crippen LogP contribution in [0.3, 0.4) is 0 Å². The monoisotopic (exact) mass is 260 g/mol. The van der Waals surface area contributed by atoms with Gasteiger partial charge in [0.05, 0.1) is 15.6 Å². The molecule has 0 spiro atoms. The number of hydrogen-bond donors (Lipinski definition) is 2. The molecule has 2 N–H and O–H groups in total. The molecule has 0 fully saturated rings. The molecule has 0 aromatic heterocycles. The molecular weight excluding hydrogens is 247 g/mol. The van der Waals surface area contributed by atoms with Crippen LogP contribution in [-0.4, -0.2) is 11.4 Å². The van der Waals surface area contributed by atoms with Gasteiger partial charge in [-0.15, -0.1) is 0 Å². The fourth-order valence-corrected chi connectivity index (χ4v) is 1.59. The molecule has 0 aliphatic heterocycles. The molecule has 1 aromatic rings. The lowest BCUT2D eigenvalue weighted by molar-refractivity contribution is 0.0914. The van der Waals surface area contributed by atoms with Crippen LogP contribution in [0.25, 0.3) is 0 Å². The third-order valence-corrected chi connectivity index (χ3v) is 2.37. The Morgan fingerprint density at radius 1 is 1.19 bits per heavy atom. The molecule has 0 atom stereocenters. The zero-order valence-electron chi connectivity index (χ0n) is 9.40. The van der Waals surface area contributed by atoms with Crippen LogP contribution in [-0.2, 0) is 0 Å². The molecule has 0 aliphatic carbocycles. The topological polar surface area (TPSA) is 41.1 Å². The van der Waals surface area contributed by atoms with Gasteiger partial charge >= 0.3 is 0 Å². The van der Waals surface area contributed by atoms with Gasteiger partial charge in [0.25, 0.3) is 5.91 Å². The molecule has 3 nitrogen and oxygen atoms in total. The van der Waals surface area contributed by atoms with Gasteiger partial charge in [0, 0.05) is 5.54 Å². The predicted molar refractivity (Wildman–Crippen MR) is 66.8 cm³/mol. The van der Waals surface area contributed by atoms with E-state index < -0.39 is 0 Å². The van der Waals surface area contributed by atoms with E-state index in [-0.39, 0.29) is 17.0 Å². The van der Waals surface area contributed by atoms with Crippen LogP contribution >= 0.6 is 23.2 Å². The number of carbonyl (C=O) groups is 1. The fraction of sp³-hybridized carbons (Fsp3) is 0.364. The Hall–Kier alpha value is -0.770. The summed E-state index contributed by atoms with van der Waals surface area (Å²) in [7, 11) is 0. The fourth-order valence-electron chi connectivity index (χ4n) is 1.02. The van der Waals surface area contributed by atoms with E-state index in [9.17, 15) is 4.79 Å². The third kappa shape index (κ3) is 3.67. The first-order chi connectivity index (χ1) is 7.31. The Morgan fingerprint density at radius 3 is 2.12 bits per heavy atom. The lowest BCUT2D eigenvalue weighted by Crippen LogP contribution is -2.48. The molecule has 1 rings (SSSR count). The van der Waals surface area contributed by atoms with Gasteiger partial charge in [0.15, 0.2) is 0 Å². The van der Waals surface area contributed by atoms with Crippen molar-refractivity contribution >= 4 is 29.1 Å². The minimum absolute atomic E-state index is 0.219. The van der Waals surface area contributed by atoms with E-state index in [0.717, 1.165) is 0 Å². The highest BCUT2D eigenvalue weighted by molar-refractivity contribution is 6.39. The van der Waals surface area contributed by atoms with Crippen molar-refractivity contribution in [3.8, 4) is 0 Å². The van der Waals surface area contributed by atoms with E-state index >= 15 is 0 Å². The van der Waals surface area contributed by atoms with Gasteiger partial charge in [-0.25, -0.2) is 5.43 Å². The second kappa shape index (κ2) is 5.04. The van der Waals surface area contributed by atoms with Crippen molar-refractivity contribution in [2.75, 3.05) is 0 Å². The van der Waals surface area contributed by atoms with Crippen LogP contribution in [0.15, 0.2) is 18.2 Å². The molecule has 0 aliphatic rings. The van der Waals surface area contributed by atoms with Gasteiger partial charge in [-0.1, -0.05) is 29.3 Å². The highest BCUT2D eigenvalue weighted by Crippen LogP contribution is 2.23. The summed E-state index contributed by atoms with van der Waals surface area (Å²) >= 11 is 11.8. The zero-order valence-corrected chi connectivity index (χ0v) is 10.9. The number of amides is 1. The summed E-state index contributed by atoms with van der Waals surface area (Å²) in [5, 5.41) is 0.668. The van der Waals surface area contributed by atoms with E-state index in [1.165, 1.54) is 0 Å². The number of benzene rings is 1. The number of hydrazine groups is 1. The van der Waals surface area contributed by atoms with Crippen molar-refractivity contribution in [2.45, 2.75) is 26.3 Å². The molecular formula is C11H14Cl2N2O. The zero-order chi connectivity index (χ0) is 12.3. The Bertz CT molecular complexity index is 379. The van der Waals surface area contributed by atoms with E-state index in [1.54, 1.807) is 18.2 Å². The van der Waals surface area contributed by atoms with Crippen LogP contribution in [0.5, 0.6) is 0 Å². The molecule has 0 saturated heterocycles. The molecule has 0 unspecified atom stereocenters. The summed E-state index contributed by atoms with van der Waals surface area (Å²) in [5.74, 6) is -0.342. The van der Waals surface area contributed by atoms with Gasteiger partial charge in [-0.2, -0.15) is 0 Å². The smallest absolute Gasteiger partial charge is 0.268 e. The summed E-state index contributed by atoms with van der Waals surface area (Å²) in [4.78, 5) is 11.8. The molecule has 88 valence electrons. The maximum Gasteiger partial charge on any atom is 0.268 e. The van der Waals surface area contributed by atoms with Crippen LogP contribution in [0, 0.1) is 0 Å². The predicted octanol–water partition coefficient (Wildman–Crippen LogP) is 3.03. The van der Waals surface area contributed by atoms with E-state index in [1.807, 2.05) is 20.8 Å². The van der Waals surface area contributed by atoms with Crippen LogP contribution in [0.1, 0.15) is 31.1 Å². The summed E-state index contributed by atoms with van der Waals surface area (Å²) in [6.07, 6.45) is 0. The van der Waals surface area contributed by atoms with Crippen LogP contribution < -0.4 is 10.9 Å². The Kier molecular flexibility index (Phi) is 4.19. The summed E-state index contributed by atoms with van der Waals surface area (Å²) in [5.41, 5.74) is 5.48. The molecule has 16 heavy (non-hydrogen) atoms. The summed E-state index contributed by atoms with van der Waals surface area (Å²) < 4.78 is 0. The molecule has 0 heterocycles. The van der Waals surface area contributed by atoms with Crippen molar-refractivity contribution in [2.24, 2.45) is 0 Å². The largest absolute Gasteiger partial charge is 0.287 e. The van der Waals surface area contributed by atoms with E-state index in [2.05, 4.69) is 10.9 Å². The lowest BCUT2D eigenvalue weighted by Gasteiger charge is -2.21. The average Bonchev–Trinajstić information content (AvgIpc) is 2.13. The van der Waals surface area contributed by atoms with Crippen molar-refractivity contribution in [1.82, 2.24) is 10.9 Å². The molecule has 0 radical (unpaired) electrons. The first kappa shape index (κ1) is 13.3. The highest BCUT2D eigenvalue weighted by Gasteiger charge is 2.16. The maximum absolute atomic E-state index is 11.8. The number of rotatable bonds is 2. The van der Waals surface area contributed by atoms with Crippen molar-refractivity contribution in [1.29, 1.82) is 0 Å². The number of hydrogen-bond acceptors (Lipinski definition) is 2. The standard InChI is InChI=1S/C11H14Cl2N2O/c1-11(2,3)15-14-10(16)9-7(12)5-4-6-8(9)13/h4-6,15H,1-3H3,(H,14,16). The Balaban J connectivity index is 2.81. The molecule has 5 heteroatoms. The van der Waals surface area contributed by atoms with E-state index in [0.29, 0.717) is 10.0 Å².